The summed E-state index contributed by atoms with van der Waals surface area (Å²) in [6.07, 6.45) is 2.84. The van der Waals surface area contributed by atoms with E-state index in [4.69, 9.17) is 11.6 Å². The number of nitrogens with zero attached hydrogens (tertiary/aromatic N) is 2. The molecule has 16 heavy (non-hydrogen) atoms. The summed E-state index contributed by atoms with van der Waals surface area (Å²) in [7, 11) is -3.05. The van der Waals surface area contributed by atoms with Crippen LogP contribution >= 0.6 is 11.6 Å². The quantitative estimate of drug-likeness (QED) is 0.611. The smallest absolute Gasteiger partial charge is 0.156 e. The van der Waals surface area contributed by atoms with Gasteiger partial charge in [0.25, 0.3) is 0 Å². The van der Waals surface area contributed by atoms with Crippen LogP contribution in [0.25, 0.3) is 0 Å². The number of nitrogens with one attached hydrogen (secondary N) is 1. The highest BCUT2D eigenvalue weighted by Gasteiger charge is 2.09. The van der Waals surface area contributed by atoms with Crippen molar-refractivity contribution >= 4 is 33.5 Å². The van der Waals surface area contributed by atoms with E-state index in [-0.39, 0.29) is 28.8 Å². The third-order valence-corrected chi connectivity index (χ3v) is 2.97. The van der Waals surface area contributed by atoms with Gasteiger partial charge >= 0.3 is 0 Å². The second-order valence-electron chi connectivity index (χ2n) is 3.10. The lowest BCUT2D eigenvalue weighted by Gasteiger charge is -2.06. The van der Waals surface area contributed by atoms with Crippen molar-refractivity contribution in [3.8, 4) is 0 Å². The average Bonchev–Trinajstić information content (AvgIpc) is 2.16. The number of hydrogen-bond acceptors (Lipinski definition) is 6. The van der Waals surface area contributed by atoms with Crippen LogP contribution < -0.4 is 5.32 Å². The molecule has 0 unspecified atom stereocenters. The van der Waals surface area contributed by atoms with E-state index < -0.39 is 9.84 Å². The molecule has 0 atom stereocenters. The molecule has 88 valence electrons. The monoisotopic (exact) mass is 263 g/mol. The van der Waals surface area contributed by atoms with Gasteiger partial charge in [0.05, 0.1) is 11.3 Å². The Morgan fingerprint density at radius 1 is 1.50 bits per heavy atom. The largest absolute Gasteiger partial charge is 0.368 e. The normalized spacial score (nSPS) is 11.1. The SMILES string of the molecule is CS(=O)(=O)CCNc1ncnc(Cl)c1C=O. The molecule has 0 fully saturated rings. The highest BCUT2D eigenvalue weighted by molar-refractivity contribution is 7.90. The molecule has 0 aliphatic heterocycles. The van der Waals surface area contributed by atoms with Crippen molar-refractivity contribution in [2.45, 2.75) is 0 Å². The lowest BCUT2D eigenvalue weighted by atomic mass is 10.3. The molecular weight excluding hydrogens is 254 g/mol. The minimum atomic E-state index is -3.05. The molecule has 0 saturated carbocycles. The van der Waals surface area contributed by atoms with E-state index in [9.17, 15) is 13.2 Å². The first kappa shape index (κ1) is 12.9. The fourth-order valence-electron chi connectivity index (χ4n) is 0.974. The van der Waals surface area contributed by atoms with E-state index in [1.165, 1.54) is 6.33 Å². The maximum Gasteiger partial charge on any atom is 0.156 e. The van der Waals surface area contributed by atoms with Gasteiger partial charge < -0.3 is 5.32 Å². The van der Waals surface area contributed by atoms with E-state index in [1.807, 2.05) is 0 Å². The Balaban J connectivity index is 2.74. The molecule has 0 amide bonds. The zero-order valence-electron chi connectivity index (χ0n) is 8.47. The van der Waals surface area contributed by atoms with Gasteiger partial charge in [0.2, 0.25) is 0 Å². The van der Waals surface area contributed by atoms with E-state index in [0.717, 1.165) is 6.26 Å². The lowest BCUT2D eigenvalue weighted by Crippen LogP contribution is -2.16. The molecule has 8 heteroatoms. The molecule has 0 radical (unpaired) electrons. The minimum Gasteiger partial charge on any atom is -0.368 e. The summed E-state index contributed by atoms with van der Waals surface area (Å²) in [5.74, 6) is 0.186. The molecule has 1 aromatic heterocycles. The van der Waals surface area contributed by atoms with Crippen LogP contribution in [0, 0.1) is 0 Å². The number of halogens is 1. The third kappa shape index (κ3) is 3.74. The van der Waals surface area contributed by atoms with Crippen LogP contribution in [0.2, 0.25) is 5.15 Å². The van der Waals surface area contributed by atoms with Gasteiger partial charge in [-0.2, -0.15) is 0 Å². The first-order valence-electron chi connectivity index (χ1n) is 4.31. The van der Waals surface area contributed by atoms with E-state index in [0.29, 0.717) is 6.29 Å². The summed E-state index contributed by atoms with van der Waals surface area (Å²) in [6.45, 7) is 0.160. The molecule has 0 aliphatic rings. The Hall–Kier alpha value is -1.21. The summed E-state index contributed by atoms with van der Waals surface area (Å²) in [5, 5.41) is 2.75. The van der Waals surface area contributed by atoms with E-state index in [1.54, 1.807) is 0 Å². The fraction of sp³-hybridized carbons (Fsp3) is 0.375. The van der Waals surface area contributed by atoms with Gasteiger partial charge in [-0.1, -0.05) is 11.6 Å². The molecule has 0 bridgehead atoms. The van der Waals surface area contributed by atoms with Gasteiger partial charge in [-0.15, -0.1) is 0 Å². The number of hydrogen-bond donors (Lipinski definition) is 1. The maximum atomic E-state index is 10.9. The molecule has 1 heterocycles. The molecule has 1 rings (SSSR count). The zero-order chi connectivity index (χ0) is 12.2. The average molecular weight is 264 g/mol. The molecule has 6 nitrogen and oxygen atoms in total. The Labute approximate surface area is 98.0 Å². The number of rotatable bonds is 5. The number of aldehydes is 1. The summed E-state index contributed by atoms with van der Waals surface area (Å²) in [4.78, 5) is 18.1. The predicted molar refractivity (Wildman–Crippen MR) is 60.6 cm³/mol. The molecule has 0 saturated heterocycles. The number of anilines is 1. The van der Waals surface area contributed by atoms with Crippen LogP contribution in [0.4, 0.5) is 5.82 Å². The fourth-order valence-corrected chi connectivity index (χ4v) is 1.62. The van der Waals surface area contributed by atoms with Crippen molar-refractivity contribution in [3.63, 3.8) is 0 Å². The van der Waals surface area contributed by atoms with Crippen LogP contribution in [-0.4, -0.2) is 43.2 Å². The highest BCUT2D eigenvalue weighted by atomic mass is 35.5. The summed E-state index contributed by atoms with van der Waals surface area (Å²) < 4.78 is 21.7. The van der Waals surface area contributed by atoms with Gasteiger partial charge in [-0.05, 0) is 0 Å². The van der Waals surface area contributed by atoms with Crippen molar-refractivity contribution in [2.75, 3.05) is 23.9 Å². The standard InChI is InChI=1S/C8H10ClN3O3S/c1-16(14,15)3-2-10-8-6(4-13)7(9)11-5-12-8/h4-5H,2-3H2,1H3,(H,10,11,12). The van der Waals surface area contributed by atoms with Crippen LogP contribution in [0.3, 0.4) is 0 Å². The number of carbonyl (C=O) groups excluding carboxylic acids is 1. The van der Waals surface area contributed by atoms with E-state index >= 15 is 0 Å². The van der Waals surface area contributed by atoms with Crippen molar-refractivity contribution in [1.29, 1.82) is 0 Å². The van der Waals surface area contributed by atoms with Crippen molar-refractivity contribution < 1.29 is 13.2 Å². The Morgan fingerprint density at radius 3 is 2.75 bits per heavy atom. The number of carbonyl (C=O) groups is 1. The molecule has 0 aliphatic carbocycles. The van der Waals surface area contributed by atoms with Crippen LogP contribution in [0.5, 0.6) is 0 Å². The Bertz CT molecular complexity index is 489. The van der Waals surface area contributed by atoms with Crippen LogP contribution in [0.15, 0.2) is 6.33 Å². The Kier molecular flexibility index (Phi) is 4.19. The second-order valence-corrected chi connectivity index (χ2v) is 5.72. The number of aromatic nitrogens is 2. The first-order chi connectivity index (χ1) is 7.44. The maximum absolute atomic E-state index is 10.9. The second kappa shape index (κ2) is 5.22. The summed E-state index contributed by atoms with van der Waals surface area (Å²) in [6, 6.07) is 0. The van der Waals surface area contributed by atoms with Gasteiger partial charge in [0.15, 0.2) is 6.29 Å². The predicted octanol–water partition coefficient (Wildman–Crippen LogP) is 0.399. The molecule has 1 N–H and O–H groups in total. The minimum absolute atomic E-state index is 0.0341. The summed E-state index contributed by atoms with van der Waals surface area (Å²) >= 11 is 5.66. The topological polar surface area (TPSA) is 89.0 Å². The highest BCUT2D eigenvalue weighted by Crippen LogP contribution is 2.16. The molecule has 1 aromatic rings. The molecular formula is C8H10ClN3O3S. The number of sulfone groups is 1. The van der Waals surface area contributed by atoms with Gasteiger partial charge in [0, 0.05) is 12.8 Å². The lowest BCUT2D eigenvalue weighted by molar-refractivity contribution is 0.112. The van der Waals surface area contributed by atoms with Gasteiger partial charge in [0.1, 0.15) is 27.1 Å². The van der Waals surface area contributed by atoms with Crippen LogP contribution in [-0.2, 0) is 9.84 Å². The van der Waals surface area contributed by atoms with E-state index in [2.05, 4.69) is 15.3 Å². The van der Waals surface area contributed by atoms with Crippen molar-refractivity contribution in [2.24, 2.45) is 0 Å². The molecule has 0 aromatic carbocycles. The van der Waals surface area contributed by atoms with Crippen molar-refractivity contribution in [1.82, 2.24) is 9.97 Å². The third-order valence-electron chi connectivity index (χ3n) is 1.72. The van der Waals surface area contributed by atoms with Crippen LogP contribution in [0.1, 0.15) is 10.4 Å². The summed E-state index contributed by atoms with van der Waals surface area (Å²) in [5.41, 5.74) is 0.123. The van der Waals surface area contributed by atoms with Gasteiger partial charge in [-0.25, -0.2) is 18.4 Å². The zero-order valence-corrected chi connectivity index (χ0v) is 10.0. The van der Waals surface area contributed by atoms with Gasteiger partial charge in [-0.3, -0.25) is 4.79 Å². The first-order valence-corrected chi connectivity index (χ1v) is 6.75. The molecule has 0 spiro atoms. The van der Waals surface area contributed by atoms with Crippen molar-refractivity contribution in [3.05, 3.63) is 17.0 Å². The Morgan fingerprint density at radius 2 is 2.19 bits per heavy atom.